The number of nitrogens with two attached hydrogens (primary N) is 1. The summed E-state index contributed by atoms with van der Waals surface area (Å²) in [5, 5.41) is 4.75. The Morgan fingerprint density at radius 1 is 1.03 bits per heavy atom. The van der Waals surface area contributed by atoms with Crippen molar-refractivity contribution in [1.82, 2.24) is 15.0 Å². The Bertz CT molecular complexity index is 1410. The van der Waals surface area contributed by atoms with Crippen molar-refractivity contribution in [3.63, 3.8) is 0 Å². The fraction of sp³-hybridized carbons (Fsp3) is 0.125. The molecule has 3 aromatic heterocycles. The first-order valence-electron chi connectivity index (χ1n) is 10.0. The highest BCUT2D eigenvalue weighted by Crippen LogP contribution is 2.35. The first kappa shape index (κ1) is 19.6. The number of anilines is 2. The van der Waals surface area contributed by atoms with E-state index in [0.717, 1.165) is 27.6 Å². The summed E-state index contributed by atoms with van der Waals surface area (Å²) < 4.78 is 17.3. The van der Waals surface area contributed by atoms with Gasteiger partial charge in [0.25, 0.3) is 0 Å². The lowest BCUT2D eigenvalue weighted by Gasteiger charge is -2.08. The van der Waals surface area contributed by atoms with Crippen LogP contribution in [0, 0.1) is 0 Å². The molecule has 3 N–H and O–H groups in total. The lowest BCUT2D eigenvalue weighted by Crippen LogP contribution is -1.97. The molecule has 2 aromatic carbocycles. The van der Waals surface area contributed by atoms with Gasteiger partial charge in [-0.1, -0.05) is 18.2 Å². The van der Waals surface area contributed by atoms with Gasteiger partial charge in [0, 0.05) is 30.2 Å². The number of rotatable bonds is 6. The van der Waals surface area contributed by atoms with Crippen molar-refractivity contribution in [3.05, 3.63) is 66.5 Å². The molecule has 3 heterocycles. The number of nitrogen functional groups attached to an aromatic ring is 1. The molecule has 160 valence electrons. The molecule has 8 heteroatoms. The lowest BCUT2D eigenvalue weighted by atomic mass is 10.1. The van der Waals surface area contributed by atoms with Crippen LogP contribution in [-0.2, 0) is 6.61 Å². The van der Waals surface area contributed by atoms with Crippen molar-refractivity contribution in [1.29, 1.82) is 0 Å². The zero-order chi connectivity index (χ0) is 22.1. The van der Waals surface area contributed by atoms with Crippen LogP contribution < -0.4 is 20.5 Å². The largest absolute Gasteiger partial charge is 0.497 e. The minimum absolute atomic E-state index is 0.398. The van der Waals surface area contributed by atoms with Crippen molar-refractivity contribution in [3.8, 4) is 23.0 Å². The Hall–Kier alpha value is -4.33. The minimum Gasteiger partial charge on any atom is -0.497 e. The second-order valence-electron chi connectivity index (χ2n) is 7.18. The van der Waals surface area contributed by atoms with Crippen molar-refractivity contribution >= 4 is 33.5 Å². The molecule has 0 radical (unpaired) electrons. The van der Waals surface area contributed by atoms with Crippen molar-refractivity contribution in [2.24, 2.45) is 0 Å². The highest BCUT2D eigenvalue weighted by molar-refractivity contribution is 6.01. The highest BCUT2D eigenvalue weighted by Gasteiger charge is 2.17. The third kappa shape index (κ3) is 3.51. The van der Waals surface area contributed by atoms with Crippen LogP contribution in [0.4, 0.5) is 11.6 Å². The third-order valence-corrected chi connectivity index (χ3v) is 5.20. The van der Waals surface area contributed by atoms with E-state index in [2.05, 4.69) is 15.3 Å². The summed E-state index contributed by atoms with van der Waals surface area (Å²) >= 11 is 0. The summed E-state index contributed by atoms with van der Waals surface area (Å²) in [5.74, 6) is 2.99. The van der Waals surface area contributed by atoms with Gasteiger partial charge in [-0.15, -0.1) is 0 Å². The summed E-state index contributed by atoms with van der Waals surface area (Å²) in [6.07, 6.45) is 3.41. The Morgan fingerprint density at radius 2 is 1.88 bits per heavy atom. The molecule has 0 saturated heterocycles. The number of hydrogen-bond donors (Lipinski definition) is 2. The minimum atomic E-state index is 0.398. The van der Waals surface area contributed by atoms with Crippen LogP contribution in [0.2, 0.25) is 0 Å². The van der Waals surface area contributed by atoms with E-state index in [-0.39, 0.29) is 0 Å². The summed E-state index contributed by atoms with van der Waals surface area (Å²) in [4.78, 5) is 13.4. The van der Waals surface area contributed by atoms with Gasteiger partial charge in [-0.3, -0.25) is 0 Å². The topological polar surface area (TPSA) is 108 Å². The standard InChI is InChI=1S/C24H21N5O3/c1-26-23-17-11-27-21(25)10-16(17)18(12-28-23)24-29-22-19(4-3-5-20(22)32-24)31-13-14-6-8-15(30-2)9-7-14/h3-12H,13H2,1-2H3,(H2,25,27)(H,26,28). The average Bonchev–Trinajstić information content (AvgIpc) is 3.27. The summed E-state index contributed by atoms with van der Waals surface area (Å²) in [5.41, 5.74) is 8.96. The molecule has 5 aromatic rings. The first-order chi connectivity index (χ1) is 15.7. The molecule has 0 unspecified atom stereocenters. The maximum absolute atomic E-state index is 6.07. The van der Waals surface area contributed by atoms with Crippen molar-refractivity contribution < 1.29 is 13.9 Å². The predicted molar refractivity (Wildman–Crippen MR) is 124 cm³/mol. The van der Waals surface area contributed by atoms with Crippen molar-refractivity contribution in [2.75, 3.05) is 25.2 Å². The fourth-order valence-electron chi connectivity index (χ4n) is 3.56. The van der Waals surface area contributed by atoms with Gasteiger partial charge in [0.05, 0.1) is 12.7 Å². The van der Waals surface area contributed by atoms with Gasteiger partial charge in [-0.05, 0) is 35.9 Å². The van der Waals surface area contributed by atoms with E-state index in [9.17, 15) is 0 Å². The van der Waals surface area contributed by atoms with Crippen LogP contribution in [-0.4, -0.2) is 29.1 Å². The molecule has 0 atom stereocenters. The number of para-hydroxylation sites is 1. The van der Waals surface area contributed by atoms with Gasteiger partial charge in [0.1, 0.15) is 29.7 Å². The lowest BCUT2D eigenvalue weighted by molar-refractivity contribution is 0.309. The number of pyridine rings is 2. The molecule has 0 amide bonds. The number of oxazole rings is 1. The number of hydrogen-bond acceptors (Lipinski definition) is 8. The van der Waals surface area contributed by atoms with Gasteiger partial charge in [-0.2, -0.15) is 0 Å². The maximum Gasteiger partial charge on any atom is 0.229 e. The van der Waals surface area contributed by atoms with E-state index >= 15 is 0 Å². The first-order valence-corrected chi connectivity index (χ1v) is 10.0. The molecule has 0 aliphatic carbocycles. The van der Waals surface area contributed by atoms with Gasteiger partial charge >= 0.3 is 0 Å². The second-order valence-corrected chi connectivity index (χ2v) is 7.18. The van der Waals surface area contributed by atoms with Crippen LogP contribution in [0.1, 0.15) is 5.56 Å². The van der Waals surface area contributed by atoms with E-state index in [0.29, 0.717) is 41.0 Å². The van der Waals surface area contributed by atoms with Crippen LogP contribution in [0.15, 0.2) is 65.3 Å². The number of nitrogens with one attached hydrogen (secondary N) is 1. The van der Waals surface area contributed by atoms with E-state index < -0.39 is 0 Å². The number of ether oxygens (including phenoxy) is 2. The third-order valence-electron chi connectivity index (χ3n) is 5.20. The molecule has 0 aliphatic rings. The average molecular weight is 427 g/mol. The quantitative estimate of drug-likeness (QED) is 0.403. The predicted octanol–water partition coefficient (Wildman–Crippen LogP) is 4.65. The molecule has 0 saturated carbocycles. The Balaban J connectivity index is 1.52. The van der Waals surface area contributed by atoms with E-state index in [1.807, 2.05) is 49.5 Å². The van der Waals surface area contributed by atoms with E-state index in [1.54, 1.807) is 25.6 Å². The molecule has 5 rings (SSSR count). The van der Waals surface area contributed by atoms with E-state index in [1.165, 1.54) is 0 Å². The zero-order valence-electron chi connectivity index (χ0n) is 17.6. The van der Waals surface area contributed by atoms with Crippen LogP contribution in [0.25, 0.3) is 33.3 Å². The normalized spacial score (nSPS) is 11.1. The van der Waals surface area contributed by atoms with Gasteiger partial charge < -0.3 is 24.9 Å². The highest BCUT2D eigenvalue weighted by atomic mass is 16.5. The maximum atomic E-state index is 6.07. The molecule has 32 heavy (non-hydrogen) atoms. The Kier molecular flexibility index (Phi) is 4.95. The molecule has 0 fully saturated rings. The van der Waals surface area contributed by atoms with Gasteiger partial charge in [0.15, 0.2) is 11.1 Å². The Labute approximate surface area is 184 Å². The van der Waals surface area contributed by atoms with Crippen molar-refractivity contribution in [2.45, 2.75) is 6.61 Å². The number of benzene rings is 2. The zero-order valence-corrected chi connectivity index (χ0v) is 17.6. The van der Waals surface area contributed by atoms with Gasteiger partial charge in [-0.25, -0.2) is 15.0 Å². The molecule has 0 bridgehead atoms. The Morgan fingerprint density at radius 3 is 2.66 bits per heavy atom. The second kappa shape index (κ2) is 8.07. The fourth-order valence-corrected chi connectivity index (χ4v) is 3.56. The van der Waals surface area contributed by atoms with Crippen LogP contribution in [0.5, 0.6) is 11.5 Å². The van der Waals surface area contributed by atoms with Crippen LogP contribution in [0.3, 0.4) is 0 Å². The van der Waals surface area contributed by atoms with Crippen LogP contribution >= 0.6 is 0 Å². The SMILES string of the molecule is CNc1ncc(-c2nc3c(OCc4ccc(OC)cc4)cccc3o2)c2cc(N)ncc12. The number of aromatic nitrogens is 3. The molecule has 0 spiro atoms. The van der Waals surface area contributed by atoms with E-state index in [4.69, 9.17) is 24.6 Å². The molecule has 0 aliphatic heterocycles. The summed E-state index contributed by atoms with van der Waals surface area (Å²) in [6.45, 7) is 0.398. The van der Waals surface area contributed by atoms with Gasteiger partial charge in [0.2, 0.25) is 5.89 Å². The summed E-state index contributed by atoms with van der Waals surface area (Å²) in [6, 6.07) is 15.1. The molecule has 8 nitrogen and oxygen atoms in total. The molecular formula is C24H21N5O3. The molecular weight excluding hydrogens is 406 g/mol. The summed E-state index contributed by atoms with van der Waals surface area (Å²) in [7, 11) is 3.45. The number of fused-ring (bicyclic) bond motifs is 2. The number of nitrogens with zero attached hydrogens (tertiary/aromatic N) is 3. The smallest absolute Gasteiger partial charge is 0.229 e. The monoisotopic (exact) mass is 427 g/mol. The number of methoxy groups -OCH3 is 1.